The van der Waals surface area contributed by atoms with E-state index >= 15 is 0 Å². The molecule has 1 aromatic heterocycles. The molecule has 0 aliphatic carbocycles. The molecule has 0 radical (unpaired) electrons. The summed E-state index contributed by atoms with van der Waals surface area (Å²) in [6, 6.07) is 17.6. The Hall–Kier alpha value is -3.14. The lowest BCUT2D eigenvalue weighted by atomic mass is 9.86. The highest BCUT2D eigenvalue weighted by atomic mass is 15.1. The van der Waals surface area contributed by atoms with Crippen LogP contribution >= 0.6 is 0 Å². The minimum Gasteiger partial charge on any atom is -0.374 e. The molecule has 3 aromatic rings. The van der Waals surface area contributed by atoms with Crippen molar-refractivity contribution in [2.24, 2.45) is 5.92 Å². The number of aromatic nitrogens is 1. The van der Waals surface area contributed by atoms with Crippen molar-refractivity contribution in [2.75, 3.05) is 32.0 Å². The quantitative estimate of drug-likeness (QED) is 0.413. The Bertz CT molecular complexity index is 1240. The number of aryl methyl sites for hydroxylation is 2. The van der Waals surface area contributed by atoms with Crippen LogP contribution in [0.15, 0.2) is 48.5 Å². The fourth-order valence-corrected chi connectivity index (χ4v) is 5.01. The second-order valence-electron chi connectivity index (χ2n) is 10.5. The molecule has 1 saturated heterocycles. The molecule has 0 atom stereocenters. The molecule has 4 rings (SSSR count). The average Bonchev–Trinajstić information content (AvgIpc) is 3.23. The summed E-state index contributed by atoms with van der Waals surface area (Å²) < 4.78 is 2.32. The zero-order valence-corrected chi connectivity index (χ0v) is 21.8. The number of rotatable bonds is 7. The third-order valence-corrected chi connectivity index (χ3v) is 7.53. The number of likely N-dealkylation sites (tertiary alicyclic amines) is 1. The van der Waals surface area contributed by atoms with Crippen LogP contribution in [0.5, 0.6) is 0 Å². The van der Waals surface area contributed by atoms with Crippen molar-refractivity contribution >= 4 is 16.6 Å². The molecular weight excluding hydrogens is 426 g/mol. The number of hydrogen-bond donors (Lipinski definition) is 1. The maximum absolute atomic E-state index is 5.65. The Kier molecular flexibility index (Phi) is 7.90. The SMILES string of the molecule is C#CC(C)(C)c1ccc(NCC#Cc2cc3cc(CCC4CCN(C)CC4)ccc3n2CC)cc1. The van der Waals surface area contributed by atoms with Gasteiger partial charge in [0.25, 0.3) is 0 Å². The number of benzene rings is 2. The van der Waals surface area contributed by atoms with E-state index < -0.39 is 0 Å². The van der Waals surface area contributed by atoms with Crippen LogP contribution in [0.2, 0.25) is 0 Å². The number of nitrogens with zero attached hydrogens (tertiary/aromatic N) is 2. The molecule has 0 saturated carbocycles. The van der Waals surface area contributed by atoms with Crippen LogP contribution in [-0.4, -0.2) is 36.1 Å². The minimum absolute atomic E-state index is 0.251. The van der Waals surface area contributed by atoms with Gasteiger partial charge in [-0.15, -0.1) is 6.42 Å². The van der Waals surface area contributed by atoms with E-state index in [1.54, 1.807) is 0 Å². The van der Waals surface area contributed by atoms with Gasteiger partial charge in [-0.2, -0.15) is 0 Å². The Morgan fingerprint density at radius 2 is 1.80 bits per heavy atom. The van der Waals surface area contributed by atoms with E-state index in [0.29, 0.717) is 6.54 Å². The monoisotopic (exact) mass is 465 g/mol. The first-order valence-corrected chi connectivity index (χ1v) is 13.0. The molecule has 3 nitrogen and oxygen atoms in total. The molecule has 1 aliphatic rings. The van der Waals surface area contributed by atoms with E-state index in [-0.39, 0.29) is 5.41 Å². The highest BCUT2D eigenvalue weighted by Gasteiger charge is 2.17. The van der Waals surface area contributed by atoms with Gasteiger partial charge in [0.2, 0.25) is 0 Å². The summed E-state index contributed by atoms with van der Waals surface area (Å²) in [5, 5.41) is 4.71. The molecule has 35 heavy (non-hydrogen) atoms. The van der Waals surface area contributed by atoms with Crippen molar-refractivity contribution < 1.29 is 0 Å². The van der Waals surface area contributed by atoms with Crippen LogP contribution in [0.1, 0.15) is 56.9 Å². The number of terminal acetylenes is 1. The molecule has 0 bridgehead atoms. The van der Waals surface area contributed by atoms with Gasteiger partial charge in [-0.3, -0.25) is 0 Å². The van der Waals surface area contributed by atoms with Gasteiger partial charge in [-0.05, 0) is 120 Å². The zero-order chi connectivity index (χ0) is 24.8. The van der Waals surface area contributed by atoms with Gasteiger partial charge in [-0.1, -0.05) is 30.0 Å². The molecule has 0 spiro atoms. The maximum atomic E-state index is 5.65. The molecule has 1 N–H and O–H groups in total. The summed E-state index contributed by atoms with van der Waals surface area (Å²) in [6.45, 7) is 10.3. The highest BCUT2D eigenvalue weighted by molar-refractivity contribution is 5.83. The van der Waals surface area contributed by atoms with Crippen molar-refractivity contribution in [3.63, 3.8) is 0 Å². The maximum Gasteiger partial charge on any atom is 0.0931 e. The fraction of sp³-hybridized carbons (Fsp3) is 0.438. The largest absolute Gasteiger partial charge is 0.374 e. The lowest BCUT2D eigenvalue weighted by molar-refractivity contribution is 0.212. The highest BCUT2D eigenvalue weighted by Crippen LogP contribution is 2.26. The second kappa shape index (κ2) is 11.1. The molecule has 0 unspecified atom stereocenters. The first-order valence-electron chi connectivity index (χ1n) is 13.0. The van der Waals surface area contributed by atoms with Crippen LogP contribution in [0.4, 0.5) is 5.69 Å². The van der Waals surface area contributed by atoms with Gasteiger partial charge in [0.05, 0.1) is 17.7 Å². The molecular formula is C32H39N3. The summed E-state index contributed by atoms with van der Waals surface area (Å²) in [4.78, 5) is 2.45. The summed E-state index contributed by atoms with van der Waals surface area (Å²) in [5.41, 5.74) is 5.76. The van der Waals surface area contributed by atoms with Crippen molar-refractivity contribution in [2.45, 2.75) is 58.4 Å². The van der Waals surface area contributed by atoms with E-state index in [1.165, 1.54) is 55.2 Å². The van der Waals surface area contributed by atoms with E-state index in [0.717, 1.165) is 29.4 Å². The number of nitrogens with one attached hydrogen (secondary N) is 1. The van der Waals surface area contributed by atoms with Gasteiger partial charge in [0.1, 0.15) is 0 Å². The summed E-state index contributed by atoms with van der Waals surface area (Å²) in [6.07, 6.45) is 10.8. The Morgan fingerprint density at radius 3 is 2.49 bits per heavy atom. The fourth-order valence-electron chi connectivity index (χ4n) is 5.01. The zero-order valence-electron chi connectivity index (χ0n) is 21.8. The van der Waals surface area contributed by atoms with Crippen LogP contribution in [0.25, 0.3) is 10.9 Å². The third-order valence-electron chi connectivity index (χ3n) is 7.53. The lowest BCUT2D eigenvalue weighted by Crippen LogP contribution is -2.30. The van der Waals surface area contributed by atoms with E-state index in [4.69, 9.17) is 6.42 Å². The van der Waals surface area contributed by atoms with Crippen LogP contribution < -0.4 is 5.32 Å². The van der Waals surface area contributed by atoms with E-state index in [1.807, 2.05) is 0 Å². The summed E-state index contributed by atoms with van der Waals surface area (Å²) in [7, 11) is 2.23. The summed E-state index contributed by atoms with van der Waals surface area (Å²) in [5.74, 6) is 10.4. The van der Waals surface area contributed by atoms with Gasteiger partial charge >= 0.3 is 0 Å². The number of fused-ring (bicyclic) bond motifs is 1. The second-order valence-corrected chi connectivity index (χ2v) is 10.5. The smallest absolute Gasteiger partial charge is 0.0931 e. The number of hydrogen-bond acceptors (Lipinski definition) is 2. The van der Waals surface area contributed by atoms with Crippen LogP contribution in [0, 0.1) is 30.1 Å². The van der Waals surface area contributed by atoms with Crippen LogP contribution in [0.3, 0.4) is 0 Å². The Morgan fingerprint density at radius 1 is 1.06 bits per heavy atom. The lowest BCUT2D eigenvalue weighted by Gasteiger charge is -2.28. The van der Waals surface area contributed by atoms with Crippen molar-refractivity contribution in [3.8, 4) is 24.2 Å². The van der Waals surface area contributed by atoms with E-state index in [9.17, 15) is 0 Å². The molecule has 182 valence electrons. The predicted molar refractivity (Wildman–Crippen MR) is 150 cm³/mol. The van der Waals surface area contributed by atoms with Crippen molar-refractivity contribution in [1.29, 1.82) is 0 Å². The van der Waals surface area contributed by atoms with E-state index in [2.05, 4.69) is 109 Å². The minimum atomic E-state index is -0.251. The molecule has 1 fully saturated rings. The predicted octanol–water partition coefficient (Wildman–Crippen LogP) is 6.31. The van der Waals surface area contributed by atoms with Gasteiger partial charge < -0.3 is 14.8 Å². The molecule has 2 heterocycles. The Labute approximate surface area is 211 Å². The first-order chi connectivity index (χ1) is 16.9. The first kappa shape index (κ1) is 25.0. The molecule has 3 heteroatoms. The van der Waals surface area contributed by atoms with Crippen LogP contribution in [-0.2, 0) is 18.4 Å². The van der Waals surface area contributed by atoms with Crippen molar-refractivity contribution in [3.05, 3.63) is 65.4 Å². The normalized spacial score (nSPS) is 14.9. The standard InChI is InChI=1S/C32H39N3/c1-6-32(3,4)28-13-15-29(16-14-28)33-20-8-9-30-24-27-23-26(12-17-31(27)35(30)7-2)11-10-25-18-21-34(5)22-19-25/h1,12-17,23-25,33H,7,10-11,18-22H2,2-5H3. The topological polar surface area (TPSA) is 20.2 Å². The Balaban J connectivity index is 1.39. The van der Waals surface area contributed by atoms with Crippen molar-refractivity contribution in [1.82, 2.24) is 9.47 Å². The molecule has 2 aromatic carbocycles. The van der Waals surface area contributed by atoms with Gasteiger partial charge in [0.15, 0.2) is 0 Å². The summed E-state index contributed by atoms with van der Waals surface area (Å²) >= 11 is 0. The average molecular weight is 466 g/mol. The van der Waals surface area contributed by atoms with Gasteiger partial charge in [0, 0.05) is 23.1 Å². The number of piperidine rings is 1. The molecule has 0 amide bonds. The molecule has 1 aliphatic heterocycles. The third kappa shape index (κ3) is 6.11. The van der Waals surface area contributed by atoms with Gasteiger partial charge in [-0.25, -0.2) is 0 Å². The number of anilines is 1.